The van der Waals surface area contributed by atoms with Crippen molar-refractivity contribution < 1.29 is 36.2 Å². The largest absolute Gasteiger partial charge is 0.573 e. The predicted octanol–water partition coefficient (Wildman–Crippen LogP) is 9.02. The van der Waals surface area contributed by atoms with Gasteiger partial charge in [0.15, 0.2) is 0 Å². The summed E-state index contributed by atoms with van der Waals surface area (Å²) in [4.78, 5) is 11.4. The summed E-state index contributed by atoms with van der Waals surface area (Å²) in [6.45, 7) is 2.03. The summed E-state index contributed by atoms with van der Waals surface area (Å²) in [6.07, 6.45) is -2.56. The molecule has 0 fully saturated rings. The number of carbonyl (C=O) groups is 1. The number of rotatable bonds is 15. The van der Waals surface area contributed by atoms with Crippen molar-refractivity contribution in [3.63, 3.8) is 0 Å². The minimum Gasteiger partial charge on any atom is -0.478 e. The molecule has 0 atom stereocenters. The number of ether oxygens (including phenoxy) is 1. The van der Waals surface area contributed by atoms with Gasteiger partial charge < -0.3 is 14.4 Å². The van der Waals surface area contributed by atoms with E-state index in [9.17, 15) is 31.5 Å². The summed E-state index contributed by atoms with van der Waals surface area (Å²) in [6, 6.07) is 38.3. The van der Waals surface area contributed by atoms with Crippen LogP contribution in [-0.2, 0) is 35.0 Å². The SMILES string of the molecule is Cc1ccc2c(c1)c(CCCc1ccc(C(=O)O)cc1)c(CCNS(=O)(=O)Cc1ccccc1OC(F)(F)F)n2C(c1ccccc1)c1ccccc1. The van der Waals surface area contributed by atoms with E-state index >= 15 is 0 Å². The van der Waals surface area contributed by atoms with Crippen LogP contribution in [0.5, 0.6) is 5.75 Å². The van der Waals surface area contributed by atoms with E-state index in [2.05, 4.69) is 56.5 Å². The molecule has 2 N–H and O–H groups in total. The first-order valence-corrected chi connectivity index (χ1v) is 18.9. The van der Waals surface area contributed by atoms with Gasteiger partial charge in [0.1, 0.15) is 5.75 Å². The number of carboxylic acids is 1. The zero-order valence-corrected chi connectivity index (χ0v) is 29.8. The number of sulfonamides is 1. The van der Waals surface area contributed by atoms with Crippen molar-refractivity contribution >= 4 is 26.9 Å². The lowest BCUT2D eigenvalue weighted by molar-refractivity contribution is -0.274. The lowest BCUT2D eigenvalue weighted by Crippen LogP contribution is -2.29. The minimum absolute atomic E-state index is 0.000117. The second kappa shape index (κ2) is 16.1. The lowest BCUT2D eigenvalue weighted by Gasteiger charge is -2.25. The van der Waals surface area contributed by atoms with Crippen molar-refractivity contribution in [3.8, 4) is 5.75 Å². The van der Waals surface area contributed by atoms with Gasteiger partial charge in [-0.25, -0.2) is 17.9 Å². The van der Waals surface area contributed by atoms with Crippen LogP contribution in [-0.4, -0.2) is 37.0 Å². The van der Waals surface area contributed by atoms with Crippen LogP contribution in [0, 0.1) is 6.92 Å². The molecule has 0 spiro atoms. The molecule has 53 heavy (non-hydrogen) atoms. The number of nitrogens with one attached hydrogen (secondary N) is 1. The van der Waals surface area contributed by atoms with Crippen LogP contribution < -0.4 is 9.46 Å². The molecule has 7 nitrogen and oxygen atoms in total. The molecule has 0 bridgehead atoms. The fourth-order valence-electron chi connectivity index (χ4n) is 6.87. The van der Waals surface area contributed by atoms with Crippen molar-refractivity contribution in [1.29, 1.82) is 0 Å². The van der Waals surface area contributed by atoms with Gasteiger partial charge in [-0.05, 0) is 78.8 Å². The quantitative estimate of drug-likeness (QED) is 0.110. The van der Waals surface area contributed by atoms with Crippen LogP contribution in [0.15, 0.2) is 127 Å². The highest BCUT2D eigenvalue weighted by Crippen LogP contribution is 2.38. The van der Waals surface area contributed by atoms with E-state index in [0.29, 0.717) is 19.3 Å². The Balaban J connectivity index is 1.38. The number of carboxylic acid groups (broad SMARTS) is 1. The highest BCUT2D eigenvalue weighted by Gasteiger charge is 2.32. The van der Waals surface area contributed by atoms with Gasteiger partial charge in [-0.2, -0.15) is 0 Å². The molecule has 0 amide bonds. The van der Waals surface area contributed by atoms with E-state index < -0.39 is 33.9 Å². The molecule has 0 radical (unpaired) electrons. The van der Waals surface area contributed by atoms with Crippen LogP contribution in [0.2, 0.25) is 0 Å². The maximum absolute atomic E-state index is 13.4. The second-order valence-corrected chi connectivity index (χ2v) is 14.8. The Bertz CT molecular complexity index is 2250. The fraction of sp³-hybridized carbons (Fsp3) is 0.214. The Morgan fingerprint density at radius 3 is 2.06 bits per heavy atom. The summed E-state index contributed by atoms with van der Waals surface area (Å²) in [7, 11) is -4.08. The smallest absolute Gasteiger partial charge is 0.478 e. The number of hydrogen-bond acceptors (Lipinski definition) is 4. The Morgan fingerprint density at radius 1 is 0.811 bits per heavy atom. The third-order valence-corrected chi connectivity index (χ3v) is 10.5. The van der Waals surface area contributed by atoms with Crippen molar-refractivity contribution in [1.82, 2.24) is 9.29 Å². The number of benzene rings is 5. The summed E-state index contributed by atoms with van der Waals surface area (Å²) in [5, 5.41) is 10.4. The van der Waals surface area contributed by atoms with E-state index in [1.165, 1.54) is 18.2 Å². The molecule has 6 aromatic rings. The molecule has 0 unspecified atom stereocenters. The highest BCUT2D eigenvalue weighted by molar-refractivity contribution is 7.88. The van der Waals surface area contributed by atoms with Gasteiger partial charge in [-0.15, -0.1) is 13.2 Å². The van der Waals surface area contributed by atoms with Gasteiger partial charge in [0.25, 0.3) is 0 Å². The third kappa shape index (κ3) is 9.35. The van der Waals surface area contributed by atoms with Crippen LogP contribution in [0.4, 0.5) is 13.2 Å². The van der Waals surface area contributed by atoms with E-state index in [4.69, 9.17) is 0 Å². The maximum Gasteiger partial charge on any atom is 0.573 e. The molecule has 5 aromatic carbocycles. The second-order valence-electron chi connectivity index (χ2n) is 13.0. The molecule has 0 aliphatic rings. The average Bonchev–Trinajstić information content (AvgIpc) is 3.41. The molecule has 0 saturated heterocycles. The van der Waals surface area contributed by atoms with Crippen molar-refractivity contribution in [2.24, 2.45) is 0 Å². The molecule has 1 aromatic heterocycles. The van der Waals surface area contributed by atoms with Crippen LogP contribution in [0.1, 0.15) is 61.9 Å². The molecule has 6 rings (SSSR count). The number of hydrogen-bond donors (Lipinski definition) is 2. The summed E-state index contributed by atoms with van der Waals surface area (Å²) in [5.74, 6) is -2.23. The van der Waals surface area contributed by atoms with E-state index in [0.717, 1.165) is 56.9 Å². The average molecular weight is 741 g/mol. The number of aryl methyl sites for hydroxylation is 3. The van der Waals surface area contributed by atoms with Crippen molar-refractivity contribution in [2.75, 3.05) is 6.54 Å². The number of aromatic carboxylic acids is 1. The molecule has 0 aliphatic heterocycles. The van der Waals surface area contributed by atoms with Crippen LogP contribution in [0.3, 0.4) is 0 Å². The summed E-state index contributed by atoms with van der Waals surface area (Å²) < 4.78 is 75.0. The van der Waals surface area contributed by atoms with E-state index in [1.54, 1.807) is 12.1 Å². The molecular formula is C42H39F3N2O5S. The Labute approximate surface area is 306 Å². The monoisotopic (exact) mass is 740 g/mol. The number of halogens is 3. The van der Waals surface area contributed by atoms with E-state index in [-0.39, 0.29) is 23.7 Å². The number of fused-ring (bicyclic) bond motifs is 1. The zero-order chi connectivity index (χ0) is 37.6. The van der Waals surface area contributed by atoms with Crippen molar-refractivity contribution in [2.45, 2.75) is 50.8 Å². The third-order valence-electron chi connectivity index (χ3n) is 9.19. The number of aromatic nitrogens is 1. The van der Waals surface area contributed by atoms with Crippen LogP contribution in [0.25, 0.3) is 10.9 Å². The van der Waals surface area contributed by atoms with Gasteiger partial charge >= 0.3 is 12.3 Å². The molecule has 11 heteroatoms. The number of para-hydroxylation sites is 1. The normalized spacial score (nSPS) is 12.0. The topological polar surface area (TPSA) is 97.6 Å². The fourth-order valence-corrected chi connectivity index (χ4v) is 8.03. The van der Waals surface area contributed by atoms with E-state index in [1.807, 2.05) is 55.5 Å². The molecule has 0 aliphatic carbocycles. The zero-order valence-electron chi connectivity index (χ0n) is 29.0. The lowest BCUT2D eigenvalue weighted by atomic mass is 9.97. The van der Waals surface area contributed by atoms with Crippen molar-refractivity contribution in [3.05, 3.63) is 172 Å². The Kier molecular flexibility index (Phi) is 11.4. The molecule has 1 heterocycles. The Hall–Kier alpha value is -5.39. The van der Waals surface area contributed by atoms with Gasteiger partial charge in [-0.1, -0.05) is 103 Å². The predicted molar refractivity (Wildman–Crippen MR) is 200 cm³/mol. The summed E-state index contributed by atoms with van der Waals surface area (Å²) in [5.41, 5.74) is 7.29. The van der Waals surface area contributed by atoms with Gasteiger partial charge in [0, 0.05) is 35.1 Å². The molecule has 0 saturated carbocycles. The first kappa shape index (κ1) is 37.4. The first-order chi connectivity index (χ1) is 25.4. The van der Waals surface area contributed by atoms with Gasteiger partial charge in [0.05, 0.1) is 17.4 Å². The number of alkyl halides is 3. The van der Waals surface area contributed by atoms with Gasteiger partial charge in [0.2, 0.25) is 10.0 Å². The summed E-state index contributed by atoms with van der Waals surface area (Å²) >= 11 is 0. The minimum atomic E-state index is -4.97. The molecule has 274 valence electrons. The molecular weight excluding hydrogens is 702 g/mol. The van der Waals surface area contributed by atoms with Crippen LogP contribution >= 0.6 is 0 Å². The Morgan fingerprint density at radius 2 is 1.43 bits per heavy atom. The standard InChI is InChI=1S/C42H39F3N2O5S/c1-29-19-24-37-36(27-29)35(17-10-11-30-20-22-33(23-21-30)41(48)49)38(47(37)40(31-12-4-2-5-13-31)32-14-6-3-7-15-32)25-26-46-53(50,51)28-34-16-8-9-18-39(34)52-42(43,44)45/h2-9,12-16,18-24,27,40,46H,10-11,17,25-26,28H2,1H3,(H,48,49). The number of nitrogens with zero attached hydrogens (tertiary/aromatic N) is 1. The highest BCUT2D eigenvalue weighted by atomic mass is 32.2. The maximum atomic E-state index is 13.4. The first-order valence-electron chi connectivity index (χ1n) is 17.2. The van der Waals surface area contributed by atoms with Gasteiger partial charge in [-0.3, -0.25) is 0 Å².